The van der Waals surface area contributed by atoms with Crippen molar-refractivity contribution in [3.05, 3.63) is 29.8 Å². The highest BCUT2D eigenvalue weighted by molar-refractivity contribution is 5.74. The van der Waals surface area contributed by atoms with Gasteiger partial charge in [0.05, 0.1) is 5.69 Å². The summed E-state index contributed by atoms with van der Waals surface area (Å²) in [6, 6.07) is 7.21. The number of hydrogen-bond donors (Lipinski definition) is 3. The van der Waals surface area contributed by atoms with Gasteiger partial charge in [-0.2, -0.15) is 0 Å². The first kappa shape index (κ1) is 9.54. The van der Waals surface area contributed by atoms with E-state index in [-0.39, 0.29) is 5.91 Å². The Hall–Kier alpha value is -1.55. The SMILES string of the molecule is NC(=O)CCc1ccccc1NO. The molecule has 0 saturated carbocycles. The predicted octanol–water partition coefficient (Wildman–Crippen LogP) is 0.906. The van der Waals surface area contributed by atoms with Crippen LogP contribution in [0.4, 0.5) is 5.69 Å². The third-order valence-corrected chi connectivity index (χ3v) is 1.78. The van der Waals surface area contributed by atoms with Crippen LogP contribution in [0, 0.1) is 0 Å². The standard InChI is InChI=1S/C9H12N2O2/c10-9(12)6-5-7-3-1-2-4-8(7)11-13/h1-4,11,13H,5-6H2,(H2,10,12). The zero-order valence-corrected chi connectivity index (χ0v) is 7.16. The van der Waals surface area contributed by atoms with Gasteiger partial charge < -0.3 is 5.73 Å². The molecule has 0 atom stereocenters. The van der Waals surface area contributed by atoms with Crippen molar-refractivity contribution in [2.75, 3.05) is 5.48 Å². The quantitative estimate of drug-likeness (QED) is 0.603. The van der Waals surface area contributed by atoms with Crippen molar-refractivity contribution in [2.24, 2.45) is 5.73 Å². The highest BCUT2D eigenvalue weighted by Crippen LogP contribution is 2.15. The number of carbonyl (C=O) groups excluding carboxylic acids is 1. The maximum absolute atomic E-state index is 10.5. The van der Waals surface area contributed by atoms with E-state index in [0.717, 1.165) is 5.56 Å². The molecule has 0 heterocycles. The summed E-state index contributed by atoms with van der Waals surface area (Å²) >= 11 is 0. The minimum absolute atomic E-state index is 0.290. The molecule has 0 fully saturated rings. The summed E-state index contributed by atoms with van der Waals surface area (Å²) < 4.78 is 0. The number of nitrogens with one attached hydrogen (secondary N) is 1. The molecule has 1 aromatic rings. The van der Waals surface area contributed by atoms with Crippen LogP contribution < -0.4 is 11.2 Å². The molecule has 70 valence electrons. The van der Waals surface area contributed by atoms with Gasteiger partial charge in [0, 0.05) is 6.42 Å². The zero-order valence-electron chi connectivity index (χ0n) is 7.16. The Morgan fingerprint density at radius 1 is 1.46 bits per heavy atom. The lowest BCUT2D eigenvalue weighted by atomic mass is 10.1. The van der Waals surface area contributed by atoms with Gasteiger partial charge in [0.25, 0.3) is 0 Å². The van der Waals surface area contributed by atoms with Gasteiger partial charge in [0.1, 0.15) is 0 Å². The summed E-state index contributed by atoms with van der Waals surface area (Å²) in [7, 11) is 0. The van der Waals surface area contributed by atoms with Crippen LogP contribution in [0.5, 0.6) is 0 Å². The van der Waals surface area contributed by atoms with Gasteiger partial charge in [-0.15, -0.1) is 0 Å². The van der Waals surface area contributed by atoms with Crippen LogP contribution in [0.3, 0.4) is 0 Å². The van der Waals surface area contributed by atoms with Crippen molar-refractivity contribution in [1.82, 2.24) is 0 Å². The van der Waals surface area contributed by atoms with Crippen molar-refractivity contribution in [2.45, 2.75) is 12.8 Å². The van der Waals surface area contributed by atoms with E-state index >= 15 is 0 Å². The largest absolute Gasteiger partial charge is 0.370 e. The van der Waals surface area contributed by atoms with Crippen LogP contribution in [-0.2, 0) is 11.2 Å². The van der Waals surface area contributed by atoms with Crippen LogP contribution in [0.1, 0.15) is 12.0 Å². The average Bonchev–Trinajstić information content (AvgIpc) is 2.15. The Morgan fingerprint density at radius 3 is 2.77 bits per heavy atom. The maximum atomic E-state index is 10.5. The summed E-state index contributed by atoms with van der Waals surface area (Å²) in [6.07, 6.45) is 0.831. The number of carbonyl (C=O) groups is 1. The summed E-state index contributed by atoms with van der Waals surface area (Å²) in [6.45, 7) is 0. The molecule has 1 amide bonds. The van der Waals surface area contributed by atoms with Crippen molar-refractivity contribution in [3.63, 3.8) is 0 Å². The fraction of sp³-hybridized carbons (Fsp3) is 0.222. The number of benzene rings is 1. The summed E-state index contributed by atoms with van der Waals surface area (Å²) in [5.41, 5.74) is 8.57. The van der Waals surface area contributed by atoms with Crippen LogP contribution in [-0.4, -0.2) is 11.1 Å². The van der Waals surface area contributed by atoms with Crippen molar-refractivity contribution >= 4 is 11.6 Å². The van der Waals surface area contributed by atoms with Crippen LogP contribution in [0.2, 0.25) is 0 Å². The molecule has 4 N–H and O–H groups in total. The molecular weight excluding hydrogens is 168 g/mol. The van der Waals surface area contributed by atoms with E-state index in [1.54, 1.807) is 12.1 Å². The van der Waals surface area contributed by atoms with Crippen molar-refractivity contribution in [1.29, 1.82) is 0 Å². The molecule has 1 rings (SSSR count). The second-order valence-electron chi connectivity index (χ2n) is 2.74. The normalized spacial score (nSPS) is 9.62. The molecule has 4 heteroatoms. The van der Waals surface area contributed by atoms with Gasteiger partial charge in [0.15, 0.2) is 0 Å². The topological polar surface area (TPSA) is 75.4 Å². The van der Waals surface area contributed by atoms with Crippen LogP contribution >= 0.6 is 0 Å². The third kappa shape index (κ3) is 2.76. The fourth-order valence-corrected chi connectivity index (χ4v) is 1.11. The first-order valence-electron chi connectivity index (χ1n) is 4.00. The molecule has 1 aromatic carbocycles. The molecule has 0 aliphatic heterocycles. The number of aryl methyl sites for hydroxylation is 1. The molecule has 0 aliphatic carbocycles. The molecule has 0 saturated heterocycles. The van der Waals surface area contributed by atoms with E-state index < -0.39 is 0 Å². The van der Waals surface area contributed by atoms with E-state index in [1.165, 1.54) is 0 Å². The average molecular weight is 180 g/mol. The van der Waals surface area contributed by atoms with Crippen molar-refractivity contribution in [3.8, 4) is 0 Å². The number of para-hydroxylation sites is 1. The van der Waals surface area contributed by atoms with E-state index in [1.807, 2.05) is 12.1 Å². The monoisotopic (exact) mass is 180 g/mol. The lowest BCUT2D eigenvalue weighted by Crippen LogP contribution is -2.11. The number of hydrogen-bond acceptors (Lipinski definition) is 3. The van der Waals surface area contributed by atoms with Gasteiger partial charge >= 0.3 is 0 Å². The number of primary amides is 1. The highest BCUT2D eigenvalue weighted by Gasteiger charge is 2.01. The van der Waals surface area contributed by atoms with E-state index in [2.05, 4.69) is 5.48 Å². The number of amides is 1. The molecule has 0 bridgehead atoms. The van der Waals surface area contributed by atoms with E-state index in [9.17, 15) is 4.79 Å². The molecule has 0 unspecified atom stereocenters. The van der Waals surface area contributed by atoms with Gasteiger partial charge in [-0.3, -0.25) is 15.5 Å². The zero-order chi connectivity index (χ0) is 9.68. The lowest BCUT2D eigenvalue weighted by Gasteiger charge is -2.05. The van der Waals surface area contributed by atoms with Gasteiger partial charge in [-0.25, -0.2) is 0 Å². The molecule has 0 aliphatic rings. The third-order valence-electron chi connectivity index (χ3n) is 1.78. The number of anilines is 1. The lowest BCUT2D eigenvalue weighted by molar-refractivity contribution is -0.117. The fourth-order valence-electron chi connectivity index (χ4n) is 1.11. The first-order chi connectivity index (χ1) is 6.24. The molecule has 0 aromatic heterocycles. The highest BCUT2D eigenvalue weighted by atomic mass is 16.5. The summed E-state index contributed by atoms with van der Waals surface area (Å²) in [4.78, 5) is 10.5. The first-order valence-corrected chi connectivity index (χ1v) is 4.00. The van der Waals surface area contributed by atoms with Crippen LogP contribution in [0.25, 0.3) is 0 Å². The number of nitrogens with two attached hydrogens (primary N) is 1. The smallest absolute Gasteiger partial charge is 0.217 e. The second-order valence-corrected chi connectivity index (χ2v) is 2.74. The van der Waals surface area contributed by atoms with Gasteiger partial charge in [-0.05, 0) is 18.1 Å². The molecule has 4 nitrogen and oxygen atoms in total. The Labute approximate surface area is 76.3 Å². The molecule has 13 heavy (non-hydrogen) atoms. The van der Waals surface area contributed by atoms with Crippen molar-refractivity contribution < 1.29 is 10.0 Å². The van der Waals surface area contributed by atoms with E-state index in [4.69, 9.17) is 10.9 Å². The summed E-state index contributed by atoms with van der Waals surface area (Å²) in [5, 5.41) is 8.72. The Bertz CT molecular complexity index is 299. The van der Waals surface area contributed by atoms with Gasteiger partial charge in [-0.1, -0.05) is 18.2 Å². The maximum Gasteiger partial charge on any atom is 0.217 e. The van der Waals surface area contributed by atoms with Crippen LogP contribution in [0.15, 0.2) is 24.3 Å². The minimum Gasteiger partial charge on any atom is -0.370 e. The molecule has 0 spiro atoms. The van der Waals surface area contributed by atoms with Gasteiger partial charge in [0.2, 0.25) is 5.91 Å². The molecule has 0 radical (unpaired) electrons. The predicted molar refractivity (Wildman–Crippen MR) is 49.4 cm³/mol. The second kappa shape index (κ2) is 4.47. The Balaban J connectivity index is 2.69. The van der Waals surface area contributed by atoms with E-state index in [0.29, 0.717) is 18.5 Å². The number of rotatable bonds is 4. The molecular formula is C9H12N2O2. The Kier molecular flexibility index (Phi) is 3.28. The minimum atomic E-state index is -0.340. The Morgan fingerprint density at radius 2 is 2.15 bits per heavy atom. The summed E-state index contributed by atoms with van der Waals surface area (Å²) in [5.74, 6) is -0.340.